The standard InChI is InChI=1S/C16H16FNO6/c1-8(9-6-13(22-2)14(23-3)7-10(9)17)18-15(19)11-4-5-12(24-11)16(20)21/h4-8H,1-3H3,(H,18,19)(H,20,21)/t8-/m1/s1. The fourth-order valence-electron chi connectivity index (χ4n) is 2.12. The van der Waals surface area contributed by atoms with E-state index in [2.05, 4.69) is 5.32 Å². The molecule has 0 radical (unpaired) electrons. The van der Waals surface area contributed by atoms with E-state index in [4.69, 9.17) is 19.0 Å². The van der Waals surface area contributed by atoms with Crippen molar-refractivity contribution in [1.29, 1.82) is 0 Å². The molecule has 2 N–H and O–H groups in total. The minimum atomic E-state index is -1.28. The number of aromatic carboxylic acids is 1. The first-order valence-corrected chi connectivity index (χ1v) is 6.92. The van der Waals surface area contributed by atoms with E-state index in [1.807, 2.05) is 0 Å². The third-order valence-electron chi connectivity index (χ3n) is 3.36. The van der Waals surface area contributed by atoms with Crippen LogP contribution in [-0.4, -0.2) is 31.2 Å². The largest absolute Gasteiger partial charge is 0.493 e. The van der Waals surface area contributed by atoms with Gasteiger partial charge in [0.2, 0.25) is 5.76 Å². The Morgan fingerprint density at radius 1 is 1.17 bits per heavy atom. The molecule has 1 atom stereocenters. The van der Waals surface area contributed by atoms with Crippen LogP contribution in [0, 0.1) is 5.82 Å². The van der Waals surface area contributed by atoms with Crippen LogP contribution in [0.15, 0.2) is 28.7 Å². The Labute approximate surface area is 137 Å². The Balaban J connectivity index is 2.20. The zero-order valence-corrected chi connectivity index (χ0v) is 13.3. The van der Waals surface area contributed by atoms with Crippen molar-refractivity contribution in [2.45, 2.75) is 13.0 Å². The fourth-order valence-corrected chi connectivity index (χ4v) is 2.12. The summed E-state index contributed by atoms with van der Waals surface area (Å²) in [5.74, 6) is -2.51. The van der Waals surface area contributed by atoms with Gasteiger partial charge in [-0.15, -0.1) is 0 Å². The molecule has 0 spiro atoms. The van der Waals surface area contributed by atoms with Gasteiger partial charge in [-0.05, 0) is 25.1 Å². The van der Waals surface area contributed by atoms with E-state index in [0.717, 1.165) is 6.07 Å². The second kappa shape index (κ2) is 7.03. The predicted molar refractivity (Wildman–Crippen MR) is 81.1 cm³/mol. The molecule has 2 rings (SSSR count). The molecule has 0 aliphatic carbocycles. The molecule has 1 aromatic heterocycles. The summed E-state index contributed by atoms with van der Waals surface area (Å²) in [6, 6.07) is 4.27. The molecule has 1 amide bonds. The zero-order valence-electron chi connectivity index (χ0n) is 13.3. The van der Waals surface area contributed by atoms with Crippen LogP contribution >= 0.6 is 0 Å². The third kappa shape index (κ3) is 3.48. The average Bonchev–Trinajstić information content (AvgIpc) is 3.04. The number of ether oxygens (including phenoxy) is 2. The molecule has 0 unspecified atom stereocenters. The average molecular weight is 337 g/mol. The van der Waals surface area contributed by atoms with E-state index >= 15 is 0 Å². The smallest absolute Gasteiger partial charge is 0.371 e. The maximum Gasteiger partial charge on any atom is 0.371 e. The highest BCUT2D eigenvalue weighted by molar-refractivity contribution is 5.93. The number of nitrogens with one attached hydrogen (secondary N) is 1. The van der Waals surface area contributed by atoms with Gasteiger partial charge in [0.25, 0.3) is 5.91 Å². The lowest BCUT2D eigenvalue weighted by atomic mass is 10.1. The molecule has 8 heteroatoms. The monoisotopic (exact) mass is 337 g/mol. The van der Waals surface area contributed by atoms with Crippen molar-refractivity contribution < 1.29 is 33.0 Å². The van der Waals surface area contributed by atoms with Gasteiger partial charge in [-0.25, -0.2) is 9.18 Å². The summed E-state index contributed by atoms with van der Waals surface area (Å²) in [4.78, 5) is 22.8. The van der Waals surface area contributed by atoms with Gasteiger partial charge in [0.15, 0.2) is 17.3 Å². The van der Waals surface area contributed by atoms with Crippen molar-refractivity contribution in [2.75, 3.05) is 14.2 Å². The van der Waals surface area contributed by atoms with E-state index in [1.54, 1.807) is 6.92 Å². The lowest BCUT2D eigenvalue weighted by molar-refractivity contribution is 0.0659. The molecule has 0 fully saturated rings. The lowest BCUT2D eigenvalue weighted by Crippen LogP contribution is -2.27. The first kappa shape index (κ1) is 17.3. The van der Waals surface area contributed by atoms with Crippen molar-refractivity contribution >= 4 is 11.9 Å². The van der Waals surface area contributed by atoms with Crippen LogP contribution in [-0.2, 0) is 0 Å². The van der Waals surface area contributed by atoms with Crippen molar-refractivity contribution in [1.82, 2.24) is 5.32 Å². The number of hydrogen-bond donors (Lipinski definition) is 2. The van der Waals surface area contributed by atoms with E-state index in [9.17, 15) is 14.0 Å². The number of carboxylic acid groups (broad SMARTS) is 1. The quantitative estimate of drug-likeness (QED) is 0.841. The highest BCUT2D eigenvalue weighted by atomic mass is 19.1. The molecule has 1 aromatic carbocycles. The Bertz CT molecular complexity index is 770. The van der Waals surface area contributed by atoms with Gasteiger partial charge in [-0.1, -0.05) is 0 Å². The number of rotatable bonds is 6. The van der Waals surface area contributed by atoms with Crippen LogP contribution in [0.3, 0.4) is 0 Å². The summed E-state index contributed by atoms with van der Waals surface area (Å²) < 4.78 is 29.2. The van der Waals surface area contributed by atoms with Crippen LogP contribution in [0.25, 0.3) is 0 Å². The summed E-state index contributed by atoms with van der Waals surface area (Å²) >= 11 is 0. The van der Waals surface area contributed by atoms with Gasteiger partial charge in [-0.2, -0.15) is 0 Å². The highest BCUT2D eigenvalue weighted by Crippen LogP contribution is 2.32. The topological polar surface area (TPSA) is 98.0 Å². The number of amides is 1. The van der Waals surface area contributed by atoms with Gasteiger partial charge in [0, 0.05) is 11.6 Å². The van der Waals surface area contributed by atoms with Gasteiger partial charge < -0.3 is 24.3 Å². The van der Waals surface area contributed by atoms with Crippen LogP contribution in [0.4, 0.5) is 4.39 Å². The number of benzene rings is 1. The first-order chi connectivity index (χ1) is 11.4. The maximum atomic E-state index is 14.2. The summed E-state index contributed by atoms with van der Waals surface area (Å²) in [5.41, 5.74) is 0.186. The Hall–Kier alpha value is -3.03. The molecule has 0 aliphatic heterocycles. The van der Waals surface area contributed by atoms with Crippen molar-refractivity contribution in [2.24, 2.45) is 0 Å². The molecule has 24 heavy (non-hydrogen) atoms. The van der Waals surface area contributed by atoms with Crippen molar-refractivity contribution in [3.63, 3.8) is 0 Å². The van der Waals surface area contributed by atoms with Crippen molar-refractivity contribution in [3.05, 3.63) is 47.2 Å². The minimum Gasteiger partial charge on any atom is -0.493 e. The van der Waals surface area contributed by atoms with Crippen molar-refractivity contribution in [3.8, 4) is 11.5 Å². The summed E-state index contributed by atoms with van der Waals surface area (Å²) in [5, 5.41) is 11.3. The SMILES string of the molecule is COc1cc(F)c([C@@H](C)NC(=O)c2ccc(C(=O)O)o2)cc1OC. The van der Waals surface area contributed by atoms with Crippen LogP contribution in [0.2, 0.25) is 0 Å². The van der Waals surface area contributed by atoms with Crippen LogP contribution < -0.4 is 14.8 Å². The van der Waals surface area contributed by atoms with E-state index < -0.39 is 23.7 Å². The molecule has 0 bridgehead atoms. The minimum absolute atomic E-state index is 0.180. The Kier molecular flexibility index (Phi) is 5.08. The number of carbonyl (C=O) groups excluding carboxylic acids is 1. The molecule has 0 saturated heterocycles. The van der Waals surface area contributed by atoms with Crippen LogP contribution in [0.1, 0.15) is 39.6 Å². The van der Waals surface area contributed by atoms with Gasteiger partial charge in [0.05, 0.1) is 20.3 Å². The summed E-state index contributed by atoms with van der Waals surface area (Å²) in [6.45, 7) is 1.57. The number of carbonyl (C=O) groups is 2. The normalized spacial score (nSPS) is 11.7. The van der Waals surface area contributed by atoms with Crippen LogP contribution in [0.5, 0.6) is 11.5 Å². The predicted octanol–water partition coefficient (Wildman–Crippen LogP) is 2.63. The van der Waals surface area contributed by atoms with Gasteiger partial charge >= 0.3 is 5.97 Å². The molecule has 7 nitrogen and oxygen atoms in total. The van der Waals surface area contributed by atoms with Gasteiger partial charge in [0.1, 0.15) is 5.82 Å². The number of methoxy groups -OCH3 is 2. The second-order valence-electron chi connectivity index (χ2n) is 4.89. The first-order valence-electron chi connectivity index (χ1n) is 6.92. The molecular formula is C16H16FNO6. The summed E-state index contributed by atoms with van der Waals surface area (Å²) in [7, 11) is 2.80. The number of halogens is 1. The third-order valence-corrected chi connectivity index (χ3v) is 3.36. The molecule has 1 heterocycles. The van der Waals surface area contributed by atoms with Gasteiger partial charge in [-0.3, -0.25) is 4.79 Å². The number of furan rings is 1. The number of carboxylic acids is 1. The molecule has 2 aromatic rings. The highest BCUT2D eigenvalue weighted by Gasteiger charge is 2.21. The zero-order chi connectivity index (χ0) is 17.9. The van der Waals surface area contributed by atoms with E-state index in [-0.39, 0.29) is 22.8 Å². The van der Waals surface area contributed by atoms with E-state index in [1.165, 1.54) is 32.4 Å². The molecular weight excluding hydrogens is 321 g/mol. The maximum absolute atomic E-state index is 14.2. The summed E-state index contributed by atoms with van der Waals surface area (Å²) in [6.07, 6.45) is 0. The Morgan fingerprint density at radius 2 is 1.75 bits per heavy atom. The molecule has 128 valence electrons. The van der Waals surface area contributed by atoms with E-state index in [0.29, 0.717) is 5.75 Å². The molecule has 0 aliphatic rings. The lowest BCUT2D eigenvalue weighted by Gasteiger charge is -2.17. The fraction of sp³-hybridized carbons (Fsp3) is 0.250. The number of hydrogen-bond acceptors (Lipinski definition) is 5. The Morgan fingerprint density at radius 3 is 2.29 bits per heavy atom. The second-order valence-corrected chi connectivity index (χ2v) is 4.89. The molecule has 0 saturated carbocycles.